The van der Waals surface area contributed by atoms with Gasteiger partial charge in [0.1, 0.15) is 0 Å². The highest BCUT2D eigenvalue weighted by molar-refractivity contribution is 7.92. The van der Waals surface area contributed by atoms with Crippen LogP contribution in [0.15, 0.2) is 96.2 Å². The third-order valence-electron chi connectivity index (χ3n) is 5.25. The molecule has 1 heterocycles. The molecule has 0 fully saturated rings. The van der Waals surface area contributed by atoms with Crippen molar-refractivity contribution in [2.75, 3.05) is 20.6 Å². The van der Waals surface area contributed by atoms with Gasteiger partial charge in [0, 0.05) is 28.7 Å². The molecule has 0 aliphatic carbocycles. The molecular weight excluding hydrogens is 550 g/mol. The predicted octanol–water partition coefficient (Wildman–Crippen LogP) is 4.15. The molecule has 2 N–H and O–H groups in total. The molecule has 0 spiro atoms. The van der Waals surface area contributed by atoms with Crippen molar-refractivity contribution >= 4 is 54.9 Å². The molecule has 10 nitrogen and oxygen atoms in total. The normalized spacial score (nSPS) is 11.5. The van der Waals surface area contributed by atoms with Crippen LogP contribution >= 0.6 is 11.6 Å². The summed E-state index contributed by atoms with van der Waals surface area (Å²) in [6.07, 6.45) is 3.94. The molecule has 4 rings (SSSR count). The number of rotatable bonds is 9. The summed E-state index contributed by atoms with van der Waals surface area (Å²) in [5.41, 5.74) is 1.82. The molecule has 4 aromatic rings. The van der Waals surface area contributed by atoms with Crippen LogP contribution in [-0.4, -0.2) is 39.0 Å². The van der Waals surface area contributed by atoms with Gasteiger partial charge in [-0.2, -0.15) is 0 Å². The van der Waals surface area contributed by atoms with E-state index in [1.807, 2.05) is 0 Å². The second kappa shape index (κ2) is 11.2. The standard InChI is InChI=1S/C25H22ClN5O5S2/c1-37(33,34)31(22-5-2-4-20(26)16-22)17-18-6-8-19(9-7-18)24(32)29-21-10-12-23(13-11-21)38(35,36)30-25-27-14-3-15-28-25/h2-16H,17H2,1H3,(H,29,32)(H,27,28,30). The van der Waals surface area contributed by atoms with E-state index in [1.165, 1.54) is 41.0 Å². The van der Waals surface area contributed by atoms with Crippen LogP contribution in [0.3, 0.4) is 0 Å². The number of carbonyl (C=O) groups excluding carboxylic acids is 1. The number of halogens is 1. The molecule has 0 aliphatic heterocycles. The monoisotopic (exact) mass is 571 g/mol. The molecule has 13 heteroatoms. The summed E-state index contributed by atoms with van der Waals surface area (Å²) in [4.78, 5) is 20.4. The lowest BCUT2D eigenvalue weighted by Crippen LogP contribution is -2.29. The third-order valence-corrected chi connectivity index (χ3v) is 7.97. The molecule has 0 saturated heterocycles. The summed E-state index contributed by atoms with van der Waals surface area (Å²) in [7, 11) is -7.49. The smallest absolute Gasteiger partial charge is 0.264 e. The van der Waals surface area contributed by atoms with Gasteiger partial charge in [-0.05, 0) is 66.2 Å². The third kappa shape index (κ3) is 6.85. The minimum Gasteiger partial charge on any atom is -0.322 e. The van der Waals surface area contributed by atoms with Crippen molar-refractivity contribution in [1.29, 1.82) is 0 Å². The Labute approximate surface area is 225 Å². The maximum Gasteiger partial charge on any atom is 0.264 e. The second-order valence-electron chi connectivity index (χ2n) is 8.10. The van der Waals surface area contributed by atoms with Gasteiger partial charge in [0.25, 0.3) is 15.9 Å². The molecule has 0 unspecified atom stereocenters. The zero-order chi connectivity index (χ0) is 27.3. The molecule has 0 radical (unpaired) electrons. The zero-order valence-corrected chi connectivity index (χ0v) is 22.3. The van der Waals surface area contributed by atoms with Crippen LogP contribution in [0.25, 0.3) is 0 Å². The van der Waals surface area contributed by atoms with Crippen LogP contribution in [0.4, 0.5) is 17.3 Å². The van der Waals surface area contributed by atoms with Gasteiger partial charge in [0.2, 0.25) is 16.0 Å². The van der Waals surface area contributed by atoms with E-state index in [9.17, 15) is 21.6 Å². The highest BCUT2D eigenvalue weighted by atomic mass is 35.5. The van der Waals surface area contributed by atoms with E-state index in [-0.39, 0.29) is 17.4 Å². The molecule has 196 valence electrons. The fourth-order valence-corrected chi connectivity index (χ4v) is 5.43. The molecule has 0 aliphatic rings. The largest absolute Gasteiger partial charge is 0.322 e. The van der Waals surface area contributed by atoms with Crippen molar-refractivity contribution < 1.29 is 21.6 Å². The van der Waals surface area contributed by atoms with E-state index < -0.39 is 26.0 Å². The number of hydrogen-bond acceptors (Lipinski definition) is 7. The van der Waals surface area contributed by atoms with Gasteiger partial charge in [-0.25, -0.2) is 31.5 Å². The van der Waals surface area contributed by atoms with Gasteiger partial charge in [-0.15, -0.1) is 0 Å². The molecule has 1 amide bonds. The maximum absolute atomic E-state index is 12.7. The first kappa shape index (κ1) is 27.0. The van der Waals surface area contributed by atoms with Crippen LogP contribution in [0.5, 0.6) is 0 Å². The average molecular weight is 572 g/mol. The number of nitrogens with one attached hydrogen (secondary N) is 2. The lowest BCUT2D eigenvalue weighted by atomic mass is 10.1. The maximum atomic E-state index is 12.7. The lowest BCUT2D eigenvalue weighted by Gasteiger charge is -2.22. The predicted molar refractivity (Wildman–Crippen MR) is 146 cm³/mol. The lowest BCUT2D eigenvalue weighted by molar-refractivity contribution is 0.102. The summed E-state index contributed by atoms with van der Waals surface area (Å²) in [5, 5.41) is 3.12. The van der Waals surface area contributed by atoms with Crippen LogP contribution in [-0.2, 0) is 26.6 Å². The summed E-state index contributed by atoms with van der Waals surface area (Å²) in [5.74, 6) is -0.474. The molecule has 0 saturated carbocycles. The number of amides is 1. The van der Waals surface area contributed by atoms with Crippen molar-refractivity contribution in [1.82, 2.24) is 9.97 Å². The molecule has 3 aromatic carbocycles. The first-order valence-corrected chi connectivity index (χ1v) is 14.8. The number of sulfonamides is 2. The van der Waals surface area contributed by atoms with Crippen LogP contribution in [0, 0.1) is 0 Å². The van der Waals surface area contributed by atoms with Crippen molar-refractivity contribution in [2.24, 2.45) is 0 Å². The van der Waals surface area contributed by atoms with Crippen molar-refractivity contribution in [2.45, 2.75) is 11.4 Å². The molecular formula is C25H22ClN5O5S2. The van der Waals surface area contributed by atoms with E-state index in [0.717, 1.165) is 6.26 Å². The average Bonchev–Trinajstić information content (AvgIpc) is 2.87. The highest BCUT2D eigenvalue weighted by Gasteiger charge is 2.19. The summed E-state index contributed by atoms with van der Waals surface area (Å²) < 4.78 is 53.3. The Morgan fingerprint density at radius 1 is 0.895 bits per heavy atom. The van der Waals surface area contributed by atoms with Crippen LogP contribution in [0.1, 0.15) is 15.9 Å². The van der Waals surface area contributed by atoms with Gasteiger partial charge >= 0.3 is 0 Å². The Bertz CT molecular complexity index is 1650. The van der Waals surface area contributed by atoms with E-state index in [1.54, 1.807) is 54.6 Å². The first-order chi connectivity index (χ1) is 18.0. The van der Waals surface area contributed by atoms with Gasteiger partial charge in [0.15, 0.2) is 0 Å². The Morgan fingerprint density at radius 2 is 1.55 bits per heavy atom. The second-order valence-corrected chi connectivity index (χ2v) is 12.1. The molecule has 1 aromatic heterocycles. The Hall–Kier alpha value is -4.00. The number of aromatic nitrogens is 2. The summed E-state index contributed by atoms with van der Waals surface area (Å²) in [6, 6.07) is 20.2. The van der Waals surface area contributed by atoms with Crippen molar-refractivity contribution in [3.05, 3.63) is 107 Å². The van der Waals surface area contributed by atoms with Gasteiger partial charge < -0.3 is 5.32 Å². The quantitative estimate of drug-likeness (QED) is 0.308. The minimum absolute atomic E-state index is 0.0255. The van der Waals surface area contributed by atoms with Crippen LogP contribution in [0.2, 0.25) is 5.02 Å². The Balaban J connectivity index is 1.42. The fraction of sp³-hybridized carbons (Fsp3) is 0.0800. The Kier molecular flexibility index (Phi) is 7.95. The van der Waals surface area contributed by atoms with Gasteiger partial charge in [0.05, 0.1) is 23.4 Å². The number of carbonyl (C=O) groups is 1. The fourth-order valence-electron chi connectivity index (χ4n) is 3.41. The van der Waals surface area contributed by atoms with Gasteiger partial charge in [-0.3, -0.25) is 9.10 Å². The molecule has 0 bridgehead atoms. The highest BCUT2D eigenvalue weighted by Crippen LogP contribution is 2.24. The molecule has 38 heavy (non-hydrogen) atoms. The number of nitrogens with zero attached hydrogens (tertiary/aromatic N) is 3. The van der Waals surface area contributed by atoms with E-state index >= 15 is 0 Å². The van der Waals surface area contributed by atoms with E-state index in [0.29, 0.717) is 27.5 Å². The van der Waals surface area contributed by atoms with Gasteiger partial charge in [-0.1, -0.05) is 29.8 Å². The zero-order valence-electron chi connectivity index (χ0n) is 19.9. The number of anilines is 3. The minimum atomic E-state index is -3.90. The Morgan fingerprint density at radius 3 is 2.16 bits per heavy atom. The molecule has 0 atom stereocenters. The van der Waals surface area contributed by atoms with E-state index in [4.69, 9.17) is 11.6 Å². The van der Waals surface area contributed by atoms with Crippen LogP contribution < -0.4 is 14.3 Å². The summed E-state index contributed by atoms with van der Waals surface area (Å²) in [6.45, 7) is 0.0546. The number of benzene rings is 3. The first-order valence-electron chi connectivity index (χ1n) is 11.0. The van der Waals surface area contributed by atoms with Crippen molar-refractivity contribution in [3.63, 3.8) is 0 Å². The SMILES string of the molecule is CS(=O)(=O)N(Cc1ccc(C(=O)Nc2ccc(S(=O)(=O)Nc3ncccn3)cc2)cc1)c1cccc(Cl)c1. The summed E-state index contributed by atoms with van der Waals surface area (Å²) >= 11 is 6.02. The van der Waals surface area contributed by atoms with E-state index in [2.05, 4.69) is 20.0 Å². The van der Waals surface area contributed by atoms with Crippen molar-refractivity contribution in [3.8, 4) is 0 Å². The topological polar surface area (TPSA) is 138 Å². The number of hydrogen-bond donors (Lipinski definition) is 2.